The Kier molecular flexibility index (Phi) is 8.28. The molecule has 3 fully saturated rings. The van der Waals surface area contributed by atoms with E-state index in [0.717, 1.165) is 49.2 Å². The summed E-state index contributed by atoms with van der Waals surface area (Å²) in [5, 5.41) is 2.62. The van der Waals surface area contributed by atoms with Crippen molar-refractivity contribution in [1.29, 1.82) is 0 Å². The lowest BCUT2D eigenvalue weighted by atomic mass is 9.62. The smallest absolute Gasteiger partial charge is 0.0797 e. The van der Waals surface area contributed by atoms with Gasteiger partial charge in [-0.3, -0.25) is 0 Å². The highest BCUT2D eigenvalue weighted by atomic mass is 16.5. The summed E-state index contributed by atoms with van der Waals surface area (Å²) >= 11 is 0. The molecule has 3 aliphatic rings. The molecule has 3 saturated carbocycles. The molecule has 34 heavy (non-hydrogen) atoms. The van der Waals surface area contributed by atoms with Gasteiger partial charge in [0, 0.05) is 6.61 Å². The maximum absolute atomic E-state index is 6.39. The van der Waals surface area contributed by atoms with Gasteiger partial charge in [0.1, 0.15) is 0 Å². The predicted molar refractivity (Wildman–Crippen MR) is 142 cm³/mol. The molecule has 0 spiro atoms. The van der Waals surface area contributed by atoms with Gasteiger partial charge in [0.05, 0.1) is 18.8 Å². The van der Waals surface area contributed by atoms with Crippen molar-refractivity contribution in [3.05, 3.63) is 48.0 Å². The highest BCUT2D eigenvalue weighted by Crippen LogP contribution is 2.48. The first-order valence-corrected chi connectivity index (χ1v) is 14.4. The fourth-order valence-corrected chi connectivity index (χ4v) is 7.41. The van der Waals surface area contributed by atoms with Crippen molar-refractivity contribution in [3.63, 3.8) is 0 Å². The molecule has 3 aliphatic carbocycles. The lowest BCUT2D eigenvalue weighted by Gasteiger charge is -2.45. The molecule has 2 nitrogen and oxygen atoms in total. The minimum absolute atomic E-state index is 0.175. The zero-order valence-electron chi connectivity index (χ0n) is 21.6. The molecule has 0 radical (unpaired) electrons. The fraction of sp³-hybridized carbons (Fsp3) is 0.688. The van der Waals surface area contributed by atoms with Crippen LogP contribution in [0.3, 0.4) is 0 Å². The number of hydrogen-bond acceptors (Lipinski definition) is 2. The van der Waals surface area contributed by atoms with Gasteiger partial charge in [-0.2, -0.15) is 0 Å². The van der Waals surface area contributed by atoms with Crippen LogP contribution in [0.1, 0.15) is 96.1 Å². The molecule has 0 heterocycles. The molecule has 2 aromatic rings. The average Bonchev–Trinajstić information content (AvgIpc) is 2.90. The summed E-state index contributed by atoms with van der Waals surface area (Å²) in [7, 11) is 0. The highest BCUT2D eigenvalue weighted by molar-refractivity contribution is 5.83. The zero-order chi connectivity index (χ0) is 23.3. The van der Waals surface area contributed by atoms with E-state index in [0.29, 0.717) is 6.10 Å². The number of benzene rings is 2. The third kappa shape index (κ3) is 5.88. The Bertz CT molecular complexity index is 899. The Labute approximate surface area is 207 Å². The van der Waals surface area contributed by atoms with Gasteiger partial charge in [0.25, 0.3) is 0 Å². The van der Waals surface area contributed by atoms with Crippen molar-refractivity contribution in [2.45, 2.75) is 96.7 Å². The van der Waals surface area contributed by atoms with Gasteiger partial charge in [0.15, 0.2) is 0 Å². The Balaban J connectivity index is 1.04. The molecule has 0 bridgehead atoms. The highest BCUT2D eigenvalue weighted by Gasteiger charge is 2.39. The van der Waals surface area contributed by atoms with Gasteiger partial charge in [-0.1, -0.05) is 43.3 Å². The second-order valence-electron chi connectivity index (χ2n) is 11.8. The normalized spacial score (nSPS) is 32.9. The van der Waals surface area contributed by atoms with Crippen molar-refractivity contribution < 1.29 is 9.47 Å². The van der Waals surface area contributed by atoms with Gasteiger partial charge in [-0.15, -0.1) is 0 Å². The summed E-state index contributed by atoms with van der Waals surface area (Å²) in [6, 6.07) is 15.4. The predicted octanol–water partition coefficient (Wildman–Crippen LogP) is 8.74. The molecule has 5 atom stereocenters. The van der Waals surface area contributed by atoms with Crippen LogP contribution in [0.15, 0.2) is 42.5 Å². The molecule has 0 N–H and O–H groups in total. The van der Waals surface area contributed by atoms with E-state index in [1.165, 1.54) is 80.5 Å². The Morgan fingerprint density at radius 2 is 1.44 bits per heavy atom. The summed E-state index contributed by atoms with van der Waals surface area (Å²) in [5.41, 5.74) is 1.30. The Hall–Kier alpha value is -1.38. The summed E-state index contributed by atoms with van der Waals surface area (Å²) in [6.45, 7) is 6.33. The molecule has 0 saturated heterocycles. The maximum atomic E-state index is 6.39. The van der Waals surface area contributed by atoms with Crippen LogP contribution in [0.2, 0.25) is 0 Å². The van der Waals surface area contributed by atoms with Crippen LogP contribution in [-0.4, -0.2) is 19.3 Å². The van der Waals surface area contributed by atoms with Crippen molar-refractivity contribution >= 4 is 10.8 Å². The largest absolute Gasteiger partial charge is 0.378 e. The summed E-state index contributed by atoms with van der Waals surface area (Å²) in [4.78, 5) is 0. The molecule has 0 aromatic heterocycles. The van der Waals surface area contributed by atoms with Gasteiger partial charge < -0.3 is 9.47 Å². The van der Waals surface area contributed by atoms with E-state index in [9.17, 15) is 0 Å². The maximum Gasteiger partial charge on any atom is 0.0797 e. The van der Waals surface area contributed by atoms with Crippen LogP contribution in [0.4, 0.5) is 0 Å². The topological polar surface area (TPSA) is 18.5 Å². The van der Waals surface area contributed by atoms with Crippen molar-refractivity contribution in [1.82, 2.24) is 0 Å². The lowest BCUT2D eigenvalue weighted by Crippen LogP contribution is -2.37. The van der Waals surface area contributed by atoms with Crippen LogP contribution >= 0.6 is 0 Å². The number of fused-ring (bicyclic) bond motifs is 2. The number of ether oxygens (including phenoxy) is 2. The van der Waals surface area contributed by atoms with E-state index in [2.05, 4.69) is 56.3 Å². The van der Waals surface area contributed by atoms with Gasteiger partial charge in [-0.25, -0.2) is 0 Å². The molecule has 2 aromatic carbocycles. The van der Waals surface area contributed by atoms with Crippen LogP contribution in [-0.2, 0) is 9.47 Å². The minimum atomic E-state index is 0.175. The van der Waals surface area contributed by atoms with Crippen LogP contribution in [0.5, 0.6) is 0 Å². The standard InChI is InChI=1S/C32H46O2/c1-3-18-33-32-17-16-30-20-29(14-15-31(30)21-32)26-10-8-24(9-11-26)22-34-23(2)27-13-12-25-6-4-5-7-28(25)19-27/h4-7,12-13,19,23-24,26,29-32H,3,8-11,14-18,20-22H2,1-2H3. The first kappa shape index (κ1) is 24.3. The van der Waals surface area contributed by atoms with Gasteiger partial charge >= 0.3 is 0 Å². The quantitative estimate of drug-likeness (QED) is 0.390. The lowest BCUT2D eigenvalue weighted by molar-refractivity contribution is -0.0272. The summed E-state index contributed by atoms with van der Waals surface area (Å²) < 4.78 is 12.5. The molecule has 2 heteroatoms. The molecular weight excluding hydrogens is 416 g/mol. The van der Waals surface area contributed by atoms with Crippen LogP contribution < -0.4 is 0 Å². The molecule has 0 amide bonds. The molecule has 5 unspecified atom stereocenters. The van der Waals surface area contributed by atoms with Gasteiger partial charge in [-0.05, 0) is 130 Å². The number of hydrogen-bond donors (Lipinski definition) is 0. The van der Waals surface area contributed by atoms with Gasteiger partial charge in [0.2, 0.25) is 0 Å². The van der Waals surface area contributed by atoms with Crippen molar-refractivity contribution in [2.75, 3.05) is 13.2 Å². The third-order valence-electron chi connectivity index (χ3n) is 9.55. The first-order chi connectivity index (χ1) is 16.7. The van der Waals surface area contributed by atoms with E-state index < -0.39 is 0 Å². The van der Waals surface area contributed by atoms with E-state index in [-0.39, 0.29) is 6.10 Å². The van der Waals surface area contributed by atoms with E-state index in [4.69, 9.17) is 9.47 Å². The number of rotatable bonds is 8. The van der Waals surface area contributed by atoms with Crippen molar-refractivity contribution in [3.8, 4) is 0 Å². The molecule has 5 rings (SSSR count). The van der Waals surface area contributed by atoms with E-state index in [1.807, 2.05) is 0 Å². The van der Waals surface area contributed by atoms with Crippen LogP contribution in [0, 0.1) is 29.6 Å². The first-order valence-electron chi connectivity index (χ1n) is 14.4. The van der Waals surface area contributed by atoms with Crippen molar-refractivity contribution in [2.24, 2.45) is 29.6 Å². The average molecular weight is 463 g/mol. The van der Waals surface area contributed by atoms with E-state index in [1.54, 1.807) is 0 Å². The summed E-state index contributed by atoms with van der Waals surface area (Å²) in [5.74, 6) is 4.66. The second kappa shape index (κ2) is 11.6. The fourth-order valence-electron chi connectivity index (χ4n) is 7.41. The zero-order valence-corrected chi connectivity index (χ0v) is 21.6. The SMILES string of the molecule is CCCOC1CCC2CC(C3CCC(COC(C)c4ccc5ccccc5c4)CC3)CCC2C1. The van der Waals surface area contributed by atoms with Crippen LogP contribution in [0.25, 0.3) is 10.8 Å². The molecular formula is C32H46O2. The second-order valence-corrected chi connectivity index (χ2v) is 11.8. The molecule has 186 valence electrons. The third-order valence-corrected chi connectivity index (χ3v) is 9.55. The summed E-state index contributed by atoms with van der Waals surface area (Å²) in [6.07, 6.45) is 16.0. The Morgan fingerprint density at radius 3 is 2.24 bits per heavy atom. The Morgan fingerprint density at radius 1 is 0.765 bits per heavy atom. The minimum Gasteiger partial charge on any atom is -0.378 e. The molecule has 0 aliphatic heterocycles. The monoisotopic (exact) mass is 462 g/mol. The van der Waals surface area contributed by atoms with E-state index >= 15 is 0 Å².